The quantitative estimate of drug-likeness (QED) is 0.630. The van der Waals surface area contributed by atoms with Crippen LogP contribution in [0, 0.1) is 0 Å². The van der Waals surface area contributed by atoms with E-state index in [4.69, 9.17) is 10.8 Å². The molecule has 0 bridgehead atoms. The van der Waals surface area contributed by atoms with E-state index in [1.165, 1.54) is 0 Å². The van der Waals surface area contributed by atoms with E-state index in [2.05, 4.69) is 0 Å². The third kappa shape index (κ3) is 5.04. The van der Waals surface area contributed by atoms with Crippen molar-refractivity contribution in [2.75, 3.05) is 19.7 Å². The average Bonchev–Trinajstić information content (AvgIpc) is 2.80. The van der Waals surface area contributed by atoms with E-state index < -0.39 is 0 Å². The van der Waals surface area contributed by atoms with E-state index in [1.807, 2.05) is 4.90 Å². The summed E-state index contributed by atoms with van der Waals surface area (Å²) in [6.45, 7) is 1.86. The second-order valence-corrected chi connectivity index (χ2v) is 4.85. The lowest BCUT2D eigenvalue weighted by molar-refractivity contribution is -0.132. The molecule has 1 heterocycles. The van der Waals surface area contributed by atoms with E-state index in [0.29, 0.717) is 18.4 Å². The molecule has 17 heavy (non-hydrogen) atoms. The lowest BCUT2D eigenvalue weighted by Gasteiger charge is -2.24. The molecule has 1 fully saturated rings. The zero-order valence-electron chi connectivity index (χ0n) is 10.7. The molecular weight excluding hydrogens is 216 g/mol. The van der Waals surface area contributed by atoms with E-state index in [9.17, 15) is 4.79 Å². The highest BCUT2D eigenvalue weighted by atomic mass is 16.3. The van der Waals surface area contributed by atoms with Crippen LogP contribution in [0.5, 0.6) is 0 Å². The molecule has 1 aliphatic heterocycles. The fourth-order valence-electron chi connectivity index (χ4n) is 2.53. The molecule has 0 aromatic heterocycles. The summed E-state index contributed by atoms with van der Waals surface area (Å²) in [5.74, 6) is 0.294. The molecule has 0 aromatic carbocycles. The SMILES string of the molecule is NCCCCCC(=O)N1CCCC1CCCO. The highest BCUT2D eigenvalue weighted by Crippen LogP contribution is 2.22. The average molecular weight is 242 g/mol. The molecule has 0 aromatic rings. The molecule has 1 amide bonds. The normalized spacial score (nSPS) is 19.9. The van der Waals surface area contributed by atoms with Gasteiger partial charge in [-0.15, -0.1) is 0 Å². The molecule has 100 valence electrons. The Bertz CT molecular complexity index is 221. The zero-order valence-corrected chi connectivity index (χ0v) is 10.7. The number of amides is 1. The molecular formula is C13H26N2O2. The molecule has 0 saturated carbocycles. The third-order valence-electron chi connectivity index (χ3n) is 3.49. The smallest absolute Gasteiger partial charge is 0.222 e. The van der Waals surface area contributed by atoms with Crippen molar-refractivity contribution in [3.05, 3.63) is 0 Å². The van der Waals surface area contributed by atoms with Crippen LogP contribution in [0.15, 0.2) is 0 Å². The van der Waals surface area contributed by atoms with Crippen LogP contribution in [0.2, 0.25) is 0 Å². The van der Waals surface area contributed by atoms with Crippen LogP contribution in [-0.4, -0.2) is 41.7 Å². The van der Waals surface area contributed by atoms with Crippen molar-refractivity contribution in [2.24, 2.45) is 5.73 Å². The number of carbonyl (C=O) groups excluding carboxylic acids is 1. The maximum atomic E-state index is 12.0. The van der Waals surface area contributed by atoms with Gasteiger partial charge < -0.3 is 15.7 Å². The molecule has 4 heteroatoms. The topological polar surface area (TPSA) is 66.6 Å². The lowest BCUT2D eigenvalue weighted by atomic mass is 10.1. The molecule has 1 rings (SSSR count). The summed E-state index contributed by atoms with van der Waals surface area (Å²) >= 11 is 0. The van der Waals surface area contributed by atoms with Crippen LogP contribution in [0.4, 0.5) is 0 Å². The monoisotopic (exact) mass is 242 g/mol. The van der Waals surface area contributed by atoms with Crippen molar-refractivity contribution >= 4 is 5.91 Å². The van der Waals surface area contributed by atoms with Crippen molar-refractivity contribution in [3.8, 4) is 0 Å². The summed E-state index contributed by atoms with van der Waals surface area (Å²) in [4.78, 5) is 14.0. The van der Waals surface area contributed by atoms with Gasteiger partial charge >= 0.3 is 0 Å². The molecule has 0 radical (unpaired) electrons. The van der Waals surface area contributed by atoms with Crippen LogP contribution in [0.3, 0.4) is 0 Å². The number of nitrogens with two attached hydrogens (primary N) is 1. The Morgan fingerprint density at radius 3 is 2.82 bits per heavy atom. The second-order valence-electron chi connectivity index (χ2n) is 4.85. The Hall–Kier alpha value is -0.610. The van der Waals surface area contributed by atoms with E-state index in [0.717, 1.165) is 58.0 Å². The van der Waals surface area contributed by atoms with Gasteiger partial charge in [-0.2, -0.15) is 0 Å². The Morgan fingerprint density at radius 1 is 1.29 bits per heavy atom. The highest BCUT2D eigenvalue weighted by molar-refractivity contribution is 5.76. The van der Waals surface area contributed by atoms with Gasteiger partial charge in [0, 0.05) is 25.6 Å². The van der Waals surface area contributed by atoms with Crippen molar-refractivity contribution in [3.63, 3.8) is 0 Å². The first-order valence-corrected chi connectivity index (χ1v) is 6.90. The van der Waals surface area contributed by atoms with Crippen molar-refractivity contribution in [1.82, 2.24) is 4.90 Å². The van der Waals surface area contributed by atoms with E-state index in [1.54, 1.807) is 0 Å². The Kier molecular flexibility index (Phi) is 7.21. The molecule has 1 aliphatic rings. The molecule has 0 spiro atoms. The number of aliphatic hydroxyl groups is 1. The number of rotatable bonds is 8. The van der Waals surface area contributed by atoms with E-state index in [-0.39, 0.29) is 6.61 Å². The molecule has 3 N–H and O–H groups in total. The van der Waals surface area contributed by atoms with Crippen LogP contribution in [-0.2, 0) is 4.79 Å². The van der Waals surface area contributed by atoms with Crippen LogP contribution >= 0.6 is 0 Å². The van der Waals surface area contributed by atoms with Gasteiger partial charge in [-0.05, 0) is 45.1 Å². The molecule has 1 saturated heterocycles. The van der Waals surface area contributed by atoms with Crippen molar-refractivity contribution in [2.45, 2.75) is 57.4 Å². The first-order valence-electron chi connectivity index (χ1n) is 6.90. The van der Waals surface area contributed by atoms with Crippen molar-refractivity contribution < 1.29 is 9.90 Å². The van der Waals surface area contributed by atoms with Gasteiger partial charge in [0.15, 0.2) is 0 Å². The summed E-state index contributed by atoms with van der Waals surface area (Å²) < 4.78 is 0. The Labute approximate surface area is 104 Å². The fourth-order valence-corrected chi connectivity index (χ4v) is 2.53. The van der Waals surface area contributed by atoms with Gasteiger partial charge in [0.2, 0.25) is 5.91 Å². The zero-order chi connectivity index (χ0) is 12.5. The largest absolute Gasteiger partial charge is 0.396 e. The van der Waals surface area contributed by atoms with Gasteiger partial charge in [-0.1, -0.05) is 6.42 Å². The third-order valence-corrected chi connectivity index (χ3v) is 3.49. The Morgan fingerprint density at radius 2 is 2.12 bits per heavy atom. The number of aliphatic hydroxyl groups excluding tert-OH is 1. The number of hydrogen-bond acceptors (Lipinski definition) is 3. The second kappa shape index (κ2) is 8.48. The summed E-state index contributed by atoms with van der Waals surface area (Å²) in [6, 6.07) is 0.379. The van der Waals surface area contributed by atoms with E-state index >= 15 is 0 Å². The number of hydrogen-bond donors (Lipinski definition) is 2. The minimum Gasteiger partial charge on any atom is -0.396 e. The summed E-state index contributed by atoms with van der Waals surface area (Å²) in [5, 5.41) is 8.84. The number of unbranched alkanes of at least 4 members (excludes halogenated alkanes) is 2. The summed E-state index contributed by atoms with van der Waals surface area (Å²) in [6.07, 6.45) is 7.67. The van der Waals surface area contributed by atoms with Crippen LogP contribution < -0.4 is 5.73 Å². The minimum atomic E-state index is 0.231. The number of nitrogens with zero attached hydrogens (tertiary/aromatic N) is 1. The maximum Gasteiger partial charge on any atom is 0.222 e. The van der Waals surface area contributed by atoms with Gasteiger partial charge in [0.1, 0.15) is 0 Å². The van der Waals surface area contributed by atoms with Crippen LogP contribution in [0.25, 0.3) is 0 Å². The first-order chi connectivity index (χ1) is 8.29. The molecule has 0 aliphatic carbocycles. The van der Waals surface area contributed by atoms with Gasteiger partial charge in [-0.3, -0.25) is 4.79 Å². The van der Waals surface area contributed by atoms with Gasteiger partial charge in [0.25, 0.3) is 0 Å². The summed E-state index contributed by atoms with van der Waals surface area (Å²) in [7, 11) is 0. The van der Waals surface area contributed by atoms with Gasteiger partial charge in [-0.25, -0.2) is 0 Å². The molecule has 1 atom stereocenters. The van der Waals surface area contributed by atoms with Crippen LogP contribution in [0.1, 0.15) is 51.4 Å². The van der Waals surface area contributed by atoms with Gasteiger partial charge in [0.05, 0.1) is 0 Å². The predicted octanol–water partition coefficient (Wildman–Crippen LogP) is 1.27. The lowest BCUT2D eigenvalue weighted by Crippen LogP contribution is -2.35. The maximum absolute atomic E-state index is 12.0. The number of likely N-dealkylation sites (tertiary alicyclic amines) is 1. The molecule has 1 unspecified atom stereocenters. The van der Waals surface area contributed by atoms with Crippen molar-refractivity contribution in [1.29, 1.82) is 0 Å². The fraction of sp³-hybridized carbons (Fsp3) is 0.923. The highest BCUT2D eigenvalue weighted by Gasteiger charge is 2.27. The standard InChI is InChI=1S/C13H26N2O2/c14-9-3-1-2-8-13(17)15-10-4-6-12(15)7-5-11-16/h12,16H,1-11,14H2. The number of carbonyl (C=O) groups is 1. The summed E-state index contributed by atoms with van der Waals surface area (Å²) in [5.41, 5.74) is 5.43. The minimum absolute atomic E-state index is 0.231. The Balaban J connectivity index is 2.24. The predicted molar refractivity (Wildman–Crippen MR) is 68.6 cm³/mol. The first kappa shape index (κ1) is 14.5. The molecule has 4 nitrogen and oxygen atoms in total.